The van der Waals surface area contributed by atoms with Crippen LogP contribution in [0.4, 0.5) is 0 Å². The molecule has 1 heterocycles. The summed E-state index contributed by atoms with van der Waals surface area (Å²) in [6.07, 6.45) is 1.73. The van der Waals surface area contributed by atoms with Crippen molar-refractivity contribution in [3.05, 3.63) is 61.9 Å². The number of thiazole rings is 1. The zero-order valence-electron chi connectivity index (χ0n) is 15.1. The summed E-state index contributed by atoms with van der Waals surface area (Å²) in [5.74, 6) is 0.363. The highest BCUT2D eigenvalue weighted by Gasteiger charge is 2.12. The molecule has 0 atom stereocenters. The van der Waals surface area contributed by atoms with Crippen LogP contribution in [-0.4, -0.2) is 17.2 Å². The average Bonchev–Trinajstić information content (AvgIpc) is 3.14. The van der Waals surface area contributed by atoms with Crippen molar-refractivity contribution in [3.8, 4) is 28.8 Å². The van der Waals surface area contributed by atoms with E-state index in [0.29, 0.717) is 20.8 Å². The molecule has 3 aromatic rings. The second-order valence-corrected chi connectivity index (χ2v) is 7.77. The van der Waals surface area contributed by atoms with Crippen molar-refractivity contribution in [1.29, 1.82) is 5.26 Å². The lowest BCUT2D eigenvalue weighted by Crippen LogP contribution is -1.88. The lowest BCUT2D eigenvalue weighted by atomic mass is 10.1. The minimum atomic E-state index is 0.0273. The lowest BCUT2D eigenvalue weighted by Gasteiger charge is -2.06. The maximum atomic E-state index is 9.93. The molecule has 0 saturated carbocycles. The van der Waals surface area contributed by atoms with Crippen molar-refractivity contribution < 1.29 is 9.84 Å². The Morgan fingerprint density at radius 2 is 2.04 bits per heavy atom. The van der Waals surface area contributed by atoms with Crippen LogP contribution >= 0.6 is 27.3 Å². The number of rotatable bonds is 4. The quantitative estimate of drug-likeness (QED) is 0.507. The Morgan fingerprint density at radius 1 is 1.26 bits per heavy atom. The standard InChI is InChI=1S/C21H17BrN2O2S/c1-12-4-5-15(6-13(12)2)18-11-27-21(24-18)16(10-23)7-14-8-17(22)20(25)19(9-14)26-3/h4-9,11,25H,1-3H3. The average molecular weight is 441 g/mol. The van der Waals surface area contributed by atoms with E-state index in [1.54, 1.807) is 18.2 Å². The molecule has 0 aliphatic carbocycles. The first-order valence-electron chi connectivity index (χ1n) is 8.14. The van der Waals surface area contributed by atoms with Crippen molar-refractivity contribution >= 4 is 38.9 Å². The molecule has 6 heteroatoms. The second kappa shape index (κ2) is 7.95. The van der Waals surface area contributed by atoms with Crippen LogP contribution in [0, 0.1) is 25.2 Å². The third-order valence-electron chi connectivity index (χ3n) is 4.24. The maximum absolute atomic E-state index is 9.93. The Hall–Kier alpha value is -2.62. The van der Waals surface area contributed by atoms with E-state index >= 15 is 0 Å². The highest BCUT2D eigenvalue weighted by Crippen LogP contribution is 2.36. The van der Waals surface area contributed by atoms with Crippen LogP contribution in [0.15, 0.2) is 40.2 Å². The molecule has 0 saturated heterocycles. The van der Waals surface area contributed by atoms with Crippen molar-refractivity contribution in [2.24, 2.45) is 0 Å². The first-order chi connectivity index (χ1) is 12.9. The Kier molecular flexibility index (Phi) is 5.64. The molecule has 0 fully saturated rings. The topological polar surface area (TPSA) is 66.1 Å². The van der Waals surface area contributed by atoms with Crippen LogP contribution < -0.4 is 4.74 Å². The van der Waals surface area contributed by atoms with Gasteiger partial charge in [0.1, 0.15) is 11.1 Å². The van der Waals surface area contributed by atoms with E-state index in [1.807, 2.05) is 11.4 Å². The molecule has 0 radical (unpaired) electrons. The Balaban J connectivity index is 1.99. The molecular formula is C21H17BrN2O2S. The van der Waals surface area contributed by atoms with Gasteiger partial charge in [0, 0.05) is 10.9 Å². The minimum absolute atomic E-state index is 0.0273. The third-order valence-corrected chi connectivity index (χ3v) is 5.72. The van der Waals surface area contributed by atoms with Crippen molar-refractivity contribution in [3.63, 3.8) is 0 Å². The number of nitrogens with zero attached hydrogens (tertiary/aromatic N) is 2. The SMILES string of the molecule is COc1cc(C=C(C#N)c2nc(-c3ccc(C)c(C)c3)cs2)cc(Br)c1O. The zero-order valence-corrected chi connectivity index (χ0v) is 17.5. The van der Waals surface area contributed by atoms with Gasteiger partial charge in [-0.1, -0.05) is 12.1 Å². The van der Waals surface area contributed by atoms with E-state index in [-0.39, 0.29) is 5.75 Å². The van der Waals surface area contributed by atoms with Gasteiger partial charge in [-0.3, -0.25) is 0 Å². The monoisotopic (exact) mass is 440 g/mol. The van der Waals surface area contributed by atoms with E-state index in [0.717, 1.165) is 16.8 Å². The third kappa shape index (κ3) is 4.05. The summed E-state index contributed by atoms with van der Waals surface area (Å²) in [6, 6.07) is 11.8. The number of allylic oxidation sites excluding steroid dienone is 1. The highest BCUT2D eigenvalue weighted by molar-refractivity contribution is 9.10. The highest BCUT2D eigenvalue weighted by atomic mass is 79.9. The summed E-state index contributed by atoms with van der Waals surface area (Å²) in [5, 5.41) is 22.1. The Labute approximate surface area is 170 Å². The Morgan fingerprint density at radius 3 is 2.70 bits per heavy atom. The number of methoxy groups -OCH3 is 1. The maximum Gasteiger partial charge on any atom is 0.172 e. The van der Waals surface area contributed by atoms with Gasteiger partial charge < -0.3 is 9.84 Å². The number of hydrogen-bond acceptors (Lipinski definition) is 5. The van der Waals surface area contributed by atoms with E-state index in [9.17, 15) is 10.4 Å². The van der Waals surface area contributed by atoms with Crippen LogP contribution in [0.2, 0.25) is 0 Å². The molecule has 1 N–H and O–H groups in total. The van der Waals surface area contributed by atoms with E-state index in [2.05, 4.69) is 53.0 Å². The van der Waals surface area contributed by atoms with Gasteiger partial charge in [0.2, 0.25) is 0 Å². The second-order valence-electron chi connectivity index (χ2n) is 6.06. The van der Waals surface area contributed by atoms with Gasteiger partial charge in [-0.2, -0.15) is 5.26 Å². The van der Waals surface area contributed by atoms with Gasteiger partial charge in [-0.05, 0) is 70.7 Å². The Bertz CT molecular complexity index is 1080. The van der Waals surface area contributed by atoms with Crippen LogP contribution in [-0.2, 0) is 0 Å². The van der Waals surface area contributed by atoms with Crippen LogP contribution in [0.3, 0.4) is 0 Å². The molecule has 0 spiro atoms. The molecule has 3 rings (SSSR count). The fourth-order valence-electron chi connectivity index (χ4n) is 2.57. The summed E-state index contributed by atoms with van der Waals surface area (Å²) in [6.45, 7) is 4.15. The molecule has 0 unspecified atom stereocenters. The molecule has 0 aliphatic rings. The molecule has 1 aromatic heterocycles. The predicted molar refractivity (Wildman–Crippen MR) is 113 cm³/mol. The predicted octanol–water partition coefficient (Wildman–Crippen LogP) is 5.97. The zero-order chi connectivity index (χ0) is 19.6. The number of phenolic OH excluding ortho intramolecular Hbond substituents is 1. The largest absolute Gasteiger partial charge is 0.503 e. The first kappa shape index (κ1) is 19.2. The molecule has 136 valence electrons. The first-order valence-corrected chi connectivity index (χ1v) is 9.82. The molecule has 0 amide bonds. The summed E-state index contributed by atoms with van der Waals surface area (Å²) >= 11 is 4.73. The van der Waals surface area contributed by atoms with Gasteiger partial charge >= 0.3 is 0 Å². The van der Waals surface area contributed by atoms with Crippen LogP contribution in [0.5, 0.6) is 11.5 Å². The minimum Gasteiger partial charge on any atom is -0.503 e. The van der Waals surface area contributed by atoms with Gasteiger partial charge in [-0.15, -0.1) is 11.3 Å². The molecular weight excluding hydrogens is 424 g/mol. The molecule has 0 aliphatic heterocycles. The summed E-state index contributed by atoms with van der Waals surface area (Å²) in [5.41, 5.74) is 5.51. The van der Waals surface area contributed by atoms with E-state index < -0.39 is 0 Å². The van der Waals surface area contributed by atoms with Gasteiger partial charge in [0.05, 0.1) is 22.8 Å². The summed E-state index contributed by atoms with van der Waals surface area (Å²) in [4.78, 5) is 4.64. The molecule has 0 bridgehead atoms. The van der Waals surface area contributed by atoms with Crippen molar-refractivity contribution in [2.45, 2.75) is 13.8 Å². The van der Waals surface area contributed by atoms with Gasteiger partial charge in [0.25, 0.3) is 0 Å². The van der Waals surface area contributed by atoms with Gasteiger partial charge in [0.15, 0.2) is 11.5 Å². The summed E-state index contributed by atoms with van der Waals surface area (Å²) in [7, 11) is 1.48. The number of halogens is 1. The number of aromatic nitrogens is 1. The number of nitriles is 1. The fourth-order valence-corrected chi connectivity index (χ4v) is 3.83. The number of ether oxygens (including phenoxy) is 1. The van der Waals surface area contributed by atoms with Crippen LogP contribution in [0.1, 0.15) is 21.7 Å². The van der Waals surface area contributed by atoms with E-state index in [4.69, 9.17) is 4.74 Å². The fraction of sp³-hybridized carbons (Fsp3) is 0.143. The van der Waals surface area contributed by atoms with Crippen LogP contribution in [0.25, 0.3) is 22.9 Å². The molecule has 27 heavy (non-hydrogen) atoms. The normalized spacial score (nSPS) is 11.3. The number of phenols is 1. The van der Waals surface area contributed by atoms with E-state index in [1.165, 1.54) is 29.6 Å². The van der Waals surface area contributed by atoms with Crippen molar-refractivity contribution in [1.82, 2.24) is 4.98 Å². The summed E-state index contributed by atoms with van der Waals surface area (Å²) < 4.78 is 5.67. The van der Waals surface area contributed by atoms with Crippen molar-refractivity contribution in [2.75, 3.05) is 7.11 Å². The lowest BCUT2D eigenvalue weighted by molar-refractivity contribution is 0.372. The van der Waals surface area contributed by atoms with Gasteiger partial charge in [-0.25, -0.2) is 4.98 Å². The number of aryl methyl sites for hydroxylation is 2. The number of hydrogen-bond donors (Lipinski definition) is 1. The molecule has 2 aromatic carbocycles. The smallest absolute Gasteiger partial charge is 0.172 e. The molecule has 4 nitrogen and oxygen atoms in total. The number of benzene rings is 2. The number of aromatic hydroxyl groups is 1.